The Morgan fingerprint density at radius 1 is 1.43 bits per heavy atom. The third-order valence-electron chi connectivity index (χ3n) is 3.50. The lowest BCUT2D eigenvalue weighted by molar-refractivity contribution is -0.139. The molecule has 1 aromatic carbocycles. The van der Waals surface area contributed by atoms with E-state index in [1.165, 1.54) is 4.90 Å². The molecule has 0 spiro atoms. The Labute approximate surface area is 137 Å². The molecule has 2 atom stereocenters. The minimum Gasteiger partial charge on any atom is -0.497 e. The molecule has 1 fully saturated rings. The van der Waals surface area contributed by atoms with Gasteiger partial charge in [-0.3, -0.25) is 19.3 Å². The van der Waals surface area contributed by atoms with Gasteiger partial charge >= 0.3 is 5.97 Å². The molecule has 1 aliphatic heterocycles. The number of hydrogen-bond donors (Lipinski definition) is 2. The van der Waals surface area contributed by atoms with Gasteiger partial charge in [0.1, 0.15) is 11.8 Å². The lowest BCUT2D eigenvalue weighted by atomic mass is 10.2. The van der Waals surface area contributed by atoms with Gasteiger partial charge in [0.15, 0.2) is 0 Å². The van der Waals surface area contributed by atoms with Gasteiger partial charge in [-0.2, -0.15) is 0 Å². The van der Waals surface area contributed by atoms with E-state index in [9.17, 15) is 14.4 Å². The van der Waals surface area contributed by atoms with Gasteiger partial charge in [0.25, 0.3) is 0 Å². The summed E-state index contributed by atoms with van der Waals surface area (Å²) >= 11 is 1.11. The largest absolute Gasteiger partial charge is 0.497 e. The fourth-order valence-electron chi connectivity index (χ4n) is 2.15. The van der Waals surface area contributed by atoms with Crippen molar-refractivity contribution in [3.63, 3.8) is 0 Å². The number of carbonyl (C=O) groups excluding carboxylic acids is 2. The second kappa shape index (κ2) is 7.47. The summed E-state index contributed by atoms with van der Waals surface area (Å²) in [6.45, 7) is 0.198. The zero-order valence-corrected chi connectivity index (χ0v) is 13.4. The molecule has 23 heavy (non-hydrogen) atoms. The third-order valence-corrected chi connectivity index (χ3v) is 4.82. The van der Waals surface area contributed by atoms with E-state index >= 15 is 0 Å². The number of carbonyl (C=O) groups is 3. The molecule has 0 saturated carbocycles. The first-order valence-corrected chi connectivity index (χ1v) is 8.04. The van der Waals surface area contributed by atoms with Crippen molar-refractivity contribution in [3.8, 4) is 5.75 Å². The molecule has 7 nitrogen and oxygen atoms in total. The van der Waals surface area contributed by atoms with E-state index in [1.807, 2.05) is 0 Å². The van der Waals surface area contributed by atoms with Crippen LogP contribution < -0.4 is 10.5 Å². The zero-order valence-electron chi connectivity index (χ0n) is 12.6. The molecule has 2 rings (SSSR count). The van der Waals surface area contributed by atoms with Crippen molar-refractivity contribution in [3.05, 3.63) is 29.8 Å². The Bertz CT molecular complexity index is 604. The number of imide groups is 1. The van der Waals surface area contributed by atoms with Gasteiger partial charge in [-0.1, -0.05) is 12.1 Å². The van der Waals surface area contributed by atoms with Crippen LogP contribution in [0.5, 0.6) is 5.75 Å². The molecule has 2 unspecified atom stereocenters. The van der Waals surface area contributed by atoms with E-state index in [4.69, 9.17) is 15.6 Å². The predicted octanol–water partition coefficient (Wildman–Crippen LogP) is 0.468. The maximum Gasteiger partial charge on any atom is 0.321 e. The Kier molecular flexibility index (Phi) is 5.62. The van der Waals surface area contributed by atoms with Gasteiger partial charge in [-0.25, -0.2) is 0 Å². The van der Waals surface area contributed by atoms with Crippen LogP contribution in [0, 0.1) is 0 Å². The number of hydrogen-bond acceptors (Lipinski definition) is 6. The molecule has 0 bridgehead atoms. The number of amides is 2. The van der Waals surface area contributed by atoms with Crippen LogP contribution >= 0.6 is 11.8 Å². The number of aliphatic carboxylic acids is 1. The number of carboxylic acids is 1. The van der Waals surface area contributed by atoms with Gasteiger partial charge in [0.2, 0.25) is 11.8 Å². The van der Waals surface area contributed by atoms with E-state index < -0.39 is 17.3 Å². The molecule has 1 aromatic rings. The quantitative estimate of drug-likeness (QED) is 0.695. The number of carboxylic acid groups (broad SMARTS) is 1. The van der Waals surface area contributed by atoms with Crippen LogP contribution in [0.1, 0.15) is 12.0 Å². The summed E-state index contributed by atoms with van der Waals surface area (Å²) in [5.41, 5.74) is 6.24. The standard InChI is InChI=1S/C15H18N2O5S/c1-22-10-4-2-9(3-5-10)7-17-13(18)6-12(14(17)19)23-8-11(16)15(20)21/h2-5,11-12H,6-8,16H2,1H3,(H,20,21). The lowest BCUT2D eigenvalue weighted by Gasteiger charge is -2.15. The fourth-order valence-corrected chi connectivity index (χ4v) is 3.27. The highest BCUT2D eigenvalue weighted by molar-refractivity contribution is 8.00. The van der Waals surface area contributed by atoms with Crippen LogP contribution in [-0.4, -0.2) is 51.9 Å². The fraction of sp³-hybridized carbons (Fsp3) is 0.400. The molecule has 3 N–H and O–H groups in total. The van der Waals surface area contributed by atoms with Crippen LogP contribution in [0.25, 0.3) is 0 Å². The molecule has 1 heterocycles. The van der Waals surface area contributed by atoms with Gasteiger partial charge in [-0.15, -0.1) is 11.8 Å². The van der Waals surface area contributed by atoms with E-state index in [0.717, 1.165) is 17.3 Å². The monoisotopic (exact) mass is 338 g/mol. The summed E-state index contributed by atoms with van der Waals surface area (Å²) in [7, 11) is 1.56. The molecule has 0 radical (unpaired) electrons. The van der Waals surface area contributed by atoms with Crippen LogP contribution in [0.15, 0.2) is 24.3 Å². The molecular formula is C15H18N2O5S. The second-order valence-electron chi connectivity index (χ2n) is 5.14. The minimum atomic E-state index is -1.12. The summed E-state index contributed by atoms with van der Waals surface area (Å²) in [5.74, 6) is -0.885. The summed E-state index contributed by atoms with van der Waals surface area (Å²) in [6.07, 6.45) is 0.0754. The highest BCUT2D eigenvalue weighted by Crippen LogP contribution is 2.27. The summed E-state index contributed by atoms with van der Waals surface area (Å²) in [6, 6.07) is 6.07. The van der Waals surface area contributed by atoms with Crippen molar-refractivity contribution >= 4 is 29.5 Å². The molecule has 1 saturated heterocycles. The Hall–Kier alpha value is -2.06. The van der Waals surface area contributed by atoms with Crippen molar-refractivity contribution in [2.24, 2.45) is 5.73 Å². The second-order valence-corrected chi connectivity index (χ2v) is 6.37. The van der Waals surface area contributed by atoms with Crippen molar-refractivity contribution in [2.75, 3.05) is 12.9 Å². The van der Waals surface area contributed by atoms with E-state index in [1.54, 1.807) is 31.4 Å². The summed E-state index contributed by atoms with van der Waals surface area (Å²) in [5, 5.41) is 8.19. The first kappa shape index (κ1) is 17.3. The number of rotatable bonds is 7. The normalized spacial score (nSPS) is 19.0. The zero-order chi connectivity index (χ0) is 17.0. The minimum absolute atomic E-state index is 0.0754. The summed E-state index contributed by atoms with van der Waals surface area (Å²) < 4.78 is 5.06. The number of thioether (sulfide) groups is 1. The van der Waals surface area contributed by atoms with Crippen LogP contribution in [0.4, 0.5) is 0 Å². The maximum atomic E-state index is 12.3. The number of nitrogens with zero attached hydrogens (tertiary/aromatic N) is 1. The number of ether oxygens (including phenoxy) is 1. The number of nitrogens with two attached hydrogens (primary N) is 1. The Morgan fingerprint density at radius 3 is 2.65 bits per heavy atom. The molecule has 0 aliphatic carbocycles. The molecule has 2 amide bonds. The molecular weight excluding hydrogens is 320 g/mol. The Morgan fingerprint density at radius 2 is 2.09 bits per heavy atom. The first-order valence-electron chi connectivity index (χ1n) is 6.99. The van der Waals surface area contributed by atoms with E-state index in [-0.39, 0.29) is 30.5 Å². The van der Waals surface area contributed by atoms with Crippen molar-refractivity contribution in [1.29, 1.82) is 0 Å². The molecule has 0 aromatic heterocycles. The van der Waals surface area contributed by atoms with Crippen LogP contribution in [0.2, 0.25) is 0 Å². The maximum absolute atomic E-state index is 12.3. The third kappa shape index (κ3) is 4.23. The van der Waals surface area contributed by atoms with Crippen molar-refractivity contribution < 1.29 is 24.2 Å². The highest BCUT2D eigenvalue weighted by atomic mass is 32.2. The van der Waals surface area contributed by atoms with Crippen molar-refractivity contribution in [1.82, 2.24) is 4.90 Å². The van der Waals surface area contributed by atoms with Gasteiger partial charge in [0.05, 0.1) is 18.9 Å². The van der Waals surface area contributed by atoms with E-state index in [0.29, 0.717) is 5.75 Å². The lowest BCUT2D eigenvalue weighted by Crippen LogP contribution is -2.34. The van der Waals surface area contributed by atoms with Crippen LogP contribution in [0.3, 0.4) is 0 Å². The smallest absolute Gasteiger partial charge is 0.321 e. The molecule has 1 aliphatic rings. The van der Waals surface area contributed by atoms with Gasteiger partial charge in [-0.05, 0) is 17.7 Å². The van der Waals surface area contributed by atoms with Crippen molar-refractivity contribution in [2.45, 2.75) is 24.3 Å². The topological polar surface area (TPSA) is 110 Å². The number of likely N-dealkylation sites (tertiary alicyclic amines) is 1. The van der Waals surface area contributed by atoms with E-state index in [2.05, 4.69) is 0 Å². The highest BCUT2D eigenvalue weighted by Gasteiger charge is 2.39. The predicted molar refractivity (Wildman–Crippen MR) is 85.0 cm³/mol. The van der Waals surface area contributed by atoms with Crippen LogP contribution in [-0.2, 0) is 20.9 Å². The first-order chi connectivity index (χ1) is 10.9. The number of benzene rings is 1. The Balaban J connectivity index is 1.96. The number of methoxy groups -OCH3 is 1. The van der Waals surface area contributed by atoms with Gasteiger partial charge < -0.3 is 15.6 Å². The average Bonchev–Trinajstić information content (AvgIpc) is 2.80. The van der Waals surface area contributed by atoms with Gasteiger partial charge in [0, 0.05) is 12.2 Å². The SMILES string of the molecule is COc1ccc(CN2C(=O)CC(SCC(N)C(=O)O)C2=O)cc1. The summed E-state index contributed by atoms with van der Waals surface area (Å²) in [4.78, 5) is 36.2. The average molecular weight is 338 g/mol. The molecule has 8 heteroatoms. The molecule has 124 valence electrons.